The van der Waals surface area contributed by atoms with Crippen molar-refractivity contribution in [3.05, 3.63) is 42.1 Å². The van der Waals surface area contributed by atoms with Gasteiger partial charge < -0.3 is 0 Å². The number of aryl methyl sites for hydroxylation is 2. The highest BCUT2D eigenvalue weighted by atomic mass is 32.2. The summed E-state index contributed by atoms with van der Waals surface area (Å²) >= 11 is 0. The lowest BCUT2D eigenvalue weighted by Gasteiger charge is -2.04. The van der Waals surface area contributed by atoms with Crippen LogP contribution in [-0.2, 0) is 16.9 Å². The molecule has 1 aromatic heterocycles. The maximum absolute atomic E-state index is 12.2. The predicted molar refractivity (Wildman–Crippen MR) is 59.8 cm³/mol. The molecule has 5 heteroatoms. The zero-order chi connectivity index (χ0) is 11.8. The van der Waals surface area contributed by atoms with E-state index in [4.69, 9.17) is 0 Å². The van der Waals surface area contributed by atoms with E-state index in [1.165, 1.54) is 16.9 Å². The van der Waals surface area contributed by atoms with E-state index in [1.54, 1.807) is 31.3 Å². The number of sulfone groups is 1. The molecule has 0 aliphatic heterocycles. The highest BCUT2D eigenvalue weighted by molar-refractivity contribution is 7.91. The molecular weight excluding hydrogens is 224 g/mol. The van der Waals surface area contributed by atoms with Gasteiger partial charge in [-0.2, -0.15) is 5.10 Å². The average molecular weight is 236 g/mol. The molecule has 0 N–H and O–H groups in total. The molecule has 1 heterocycles. The molecule has 0 bridgehead atoms. The van der Waals surface area contributed by atoms with Crippen LogP contribution in [0.15, 0.2) is 46.5 Å². The van der Waals surface area contributed by atoms with Crippen molar-refractivity contribution in [1.82, 2.24) is 9.78 Å². The van der Waals surface area contributed by atoms with Gasteiger partial charge in [0.15, 0.2) is 5.03 Å². The molecule has 84 valence electrons. The fraction of sp³-hybridized carbons (Fsp3) is 0.182. The Morgan fingerprint density at radius 2 is 1.75 bits per heavy atom. The average Bonchev–Trinajstić information content (AvgIpc) is 2.66. The quantitative estimate of drug-likeness (QED) is 0.795. The Balaban J connectivity index is 2.56. The van der Waals surface area contributed by atoms with Crippen molar-refractivity contribution in [1.29, 1.82) is 0 Å². The van der Waals surface area contributed by atoms with Crippen LogP contribution in [0.2, 0.25) is 0 Å². The second-order valence-corrected chi connectivity index (χ2v) is 5.51. The van der Waals surface area contributed by atoms with Crippen molar-refractivity contribution in [2.75, 3.05) is 0 Å². The van der Waals surface area contributed by atoms with Crippen LogP contribution in [-0.4, -0.2) is 18.2 Å². The SMILES string of the molecule is Cc1ccc(S(=O)(=O)c2ccnn2C)cc1. The summed E-state index contributed by atoms with van der Waals surface area (Å²) in [5.74, 6) is 0. The van der Waals surface area contributed by atoms with Gasteiger partial charge in [-0.15, -0.1) is 0 Å². The number of hydrogen-bond acceptors (Lipinski definition) is 3. The molecule has 1 aromatic carbocycles. The summed E-state index contributed by atoms with van der Waals surface area (Å²) in [6.45, 7) is 1.92. The van der Waals surface area contributed by atoms with E-state index in [-0.39, 0.29) is 5.03 Å². The van der Waals surface area contributed by atoms with Crippen LogP contribution in [0.1, 0.15) is 5.56 Å². The molecule has 0 unspecified atom stereocenters. The largest absolute Gasteiger partial charge is 0.257 e. The van der Waals surface area contributed by atoms with E-state index >= 15 is 0 Å². The monoisotopic (exact) mass is 236 g/mol. The highest BCUT2D eigenvalue weighted by Crippen LogP contribution is 2.19. The highest BCUT2D eigenvalue weighted by Gasteiger charge is 2.20. The second-order valence-electron chi connectivity index (χ2n) is 3.61. The van der Waals surface area contributed by atoms with E-state index in [2.05, 4.69) is 5.10 Å². The van der Waals surface area contributed by atoms with Gasteiger partial charge in [-0.1, -0.05) is 17.7 Å². The summed E-state index contributed by atoms with van der Waals surface area (Å²) < 4.78 is 25.7. The summed E-state index contributed by atoms with van der Waals surface area (Å²) in [7, 11) is -1.83. The summed E-state index contributed by atoms with van der Waals surface area (Å²) in [4.78, 5) is 0.293. The smallest absolute Gasteiger partial charge is 0.223 e. The van der Waals surface area contributed by atoms with Crippen molar-refractivity contribution in [2.45, 2.75) is 16.8 Å². The molecule has 0 spiro atoms. The Hall–Kier alpha value is -1.62. The molecule has 0 atom stereocenters. The third-order valence-corrected chi connectivity index (χ3v) is 4.23. The van der Waals surface area contributed by atoms with Crippen molar-refractivity contribution < 1.29 is 8.42 Å². The zero-order valence-corrected chi connectivity index (χ0v) is 9.90. The van der Waals surface area contributed by atoms with E-state index in [0.717, 1.165) is 5.56 Å². The first kappa shape index (κ1) is 10.9. The number of nitrogens with zero attached hydrogens (tertiary/aromatic N) is 2. The van der Waals surface area contributed by atoms with Gasteiger partial charge in [0.1, 0.15) is 0 Å². The summed E-state index contributed by atoms with van der Waals surface area (Å²) in [6, 6.07) is 8.27. The maximum atomic E-state index is 12.2. The number of rotatable bonds is 2. The standard InChI is InChI=1S/C11H12N2O2S/c1-9-3-5-10(6-4-9)16(14,15)11-7-8-12-13(11)2/h3-8H,1-2H3. The minimum absolute atomic E-state index is 0.205. The molecule has 0 saturated carbocycles. The number of hydrogen-bond donors (Lipinski definition) is 0. The lowest BCUT2D eigenvalue weighted by Crippen LogP contribution is -2.08. The van der Waals surface area contributed by atoms with Crippen LogP contribution < -0.4 is 0 Å². The Bertz CT molecular complexity index is 597. The Morgan fingerprint density at radius 1 is 1.12 bits per heavy atom. The van der Waals surface area contributed by atoms with Crippen molar-refractivity contribution in [3.8, 4) is 0 Å². The normalized spacial score (nSPS) is 11.6. The van der Waals surface area contributed by atoms with E-state index < -0.39 is 9.84 Å². The Morgan fingerprint density at radius 3 is 2.25 bits per heavy atom. The van der Waals surface area contributed by atoms with Gasteiger partial charge in [-0.3, -0.25) is 4.68 Å². The first-order chi connectivity index (χ1) is 7.51. The van der Waals surface area contributed by atoms with E-state index in [1.807, 2.05) is 6.92 Å². The topological polar surface area (TPSA) is 52.0 Å². The van der Waals surface area contributed by atoms with Gasteiger partial charge in [0, 0.05) is 7.05 Å². The zero-order valence-electron chi connectivity index (χ0n) is 9.08. The molecule has 0 saturated heterocycles. The first-order valence-electron chi connectivity index (χ1n) is 4.81. The van der Waals surface area contributed by atoms with Gasteiger partial charge in [0.05, 0.1) is 11.1 Å². The van der Waals surface area contributed by atoms with Crippen LogP contribution in [0.4, 0.5) is 0 Å². The minimum atomic E-state index is -3.44. The molecule has 0 aliphatic carbocycles. The van der Waals surface area contributed by atoms with Crippen LogP contribution in [0.3, 0.4) is 0 Å². The fourth-order valence-corrected chi connectivity index (χ4v) is 2.83. The number of aromatic nitrogens is 2. The van der Waals surface area contributed by atoms with Gasteiger partial charge >= 0.3 is 0 Å². The Labute approximate surface area is 94.5 Å². The molecule has 2 aromatic rings. The fourth-order valence-electron chi connectivity index (χ4n) is 1.46. The van der Waals surface area contributed by atoms with Gasteiger partial charge in [0.25, 0.3) is 0 Å². The maximum Gasteiger partial charge on any atom is 0.223 e. The van der Waals surface area contributed by atoms with Gasteiger partial charge in [0.2, 0.25) is 9.84 Å². The molecular formula is C11H12N2O2S. The summed E-state index contributed by atoms with van der Waals surface area (Å²) in [5, 5.41) is 4.07. The predicted octanol–water partition coefficient (Wildman–Crippen LogP) is 1.56. The summed E-state index contributed by atoms with van der Waals surface area (Å²) in [6.07, 6.45) is 1.47. The van der Waals surface area contributed by atoms with E-state index in [9.17, 15) is 8.42 Å². The molecule has 0 aliphatic rings. The van der Waals surface area contributed by atoms with Crippen LogP contribution in [0.5, 0.6) is 0 Å². The molecule has 4 nitrogen and oxygen atoms in total. The van der Waals surface area contributed by atoms with Gasteiger partial charge in [-0.25, -0.2) is 8.42 Å². The first-order valence-corrected chi connectivity index (χ1v) is 6.30. The van der Waals surface area contributed by atoms with Crippen LogP contribution >= 0.6 is 0 Å². The van der Waals surface area contributed by atoms with Crippen molar-refractivity contribution >= 4 is 9.84 Å². The minimum Gasteiger partial charge on any atom is -0.257 e. The van der Waals surface area contributed by atoms with Crippen LogP contribution in [0.25, 0.3) is 0 Å². The molecule has 0 radical (unpaired) electrons. The second kappa shape index (κ2) is 3.75. The lowest BCUT2D eigenvalue weighted by atomic mass is 10.2. The molecule has 0 amide bonds. The van der Waals surface area contributed by atoms with Crippen molar-refractivity contribution in [3.63, 3.8) is 0 Å². The van der Waals surface area contributed by atoms with Crippen molar-refractivity contribution in [2.24, 2.45) is 7.05 Å². The van der Waals surface area contributed by atoms with E-state index in [0.29, 0.717) is 4.90 Å². The van der Waals surface area contributed by atoms with Gasteiger partial charge in [-0.05, 0) is 25.1 Å². The lowest BCUT2D eigenvalue weighted by molar-refractivity contribution is 0.577. The summed E-state index contributed by atoms with van der Waals surface area (Å²) in [5.41, 5.74) is 1.03. The third-order valence-electron chi connectivity index (χ3n) is 2.38. The third kappa shape index (κ3) is 1.74. The molecule has 0 fully saturated rings. The molecule has 16 heavy (non-hydrogen) atoms. The van der Waals surface area contributed by atoms with Crippen LogP contribution in [0, 0.1) is 6.92 Å². The Kier molecular flexibility index (Phi) is 2.55. The number of benzene rings is 1. The molecule has 2 rings (SSSR count).